The molecule has 0 aromatic carbocycles. The van der Waals surface area contributed by atoms with Gasteiger partial charge in [0, 0.05) is 32.1 Å². The molecular weight excluding hydrogens is 362 g/mol. The molecule has 2 N–H and O–H groups in total. The van der Waals surface area contributed by atoms with Gasteiger partial charge >= 0.3 is 0 Å². The fourth-order valence-electron chi connectivity index (χ4n) is 3.26. The highest BCUT2D eigenvalue weighted by Gasteiger charge is 2.25. The summed E-state index contributed by atoms with van der Waals surface area (Å²) < 4.78 is 6.66. The van der Waals surface area contributed by atoms with E-state index in [1.54, 1.807) is 23.0 Å². The van der Waals surface area contributed by atoms with Gasteiger partial charge in [-0.25, -0.2) is 0 Å². The van der Waals surface area contributed by atoms with Crippen molar-refractivity contribution in [2.24, 2.45) is 5.92 Å². The maximum atomic E-state index is 12.4. The predicted molar refractivity (Wildman–Crippen MR) is 99.8 cm³/mol. The third kappa shape index (κ3) is 3.95. The van der Waals surface area contributed by atoms with Gasteiger partial charge in [-0.3, -0.25) is 9.59 Å². The number of carbonyl (C=O) groups is 2. The summed E-state index contributed by atoms with van der Waals surface area (Å²) in [4.78, 5) is 26.3. The molecule has 1 aliphatic rings. The lowest BCUT2D eigenvalue weighted by Gasteiger charge is -2.32. The number of hydrogen-bond acceptors (Lipinski definition) is 7. The minimum absolute atomic E-state index is 0.0223. The first-order valence-corrected chi connectivity index (χ1v) is 9.22. The number of nitrogens with zero attached hydrogens (tertiary/aromatic N) is 5. The fraction of sp³-hybridized carbons (Fsp3) is 0.389. The molecular formula is C18H21N7O3. The van der Waals surface area contributed by atoms with Gasteiger partial charge in [-0.05, 0) is 37.1 Å². The van der Waals surface area contributed by atoms with E-state index in [2.05, 4.69) is 30.8 Å². The molecule has 0 aliphatic carbocycles. The van der Waals surface area contributed by atoms with E-state index < -0.39 is 0 Å². The number of rotatable bonds is 6. The highest BCUT2D eigenvalue weighted by atomic mass is 16.3. The Morgan fingerprint density at radius 3 is 2.75 bits per heavy atom. The van der Waals surface area contributed by atoms with Crippen molar-refractivity contribution in [2.75, 3.05) is 31.1 Å². The first-order valence-electron chi connectivity index (χ1n) is 9.22. The van der Waals surface area contributed by atoms with Gasteiger partial charge in [0.25, 0.3) is 5.91 Å². The van der Waals surface area contributed by atoms with Crippen LogP contribution in [0, 0.1) is 5.92 Å². The highest BCUT2D eigenvalue weighted by Crippen LogP contribution is 2.22. The third-order valence-corrected chi connectivity index (χ3v) is 4.79. The summed E-state index contributed by atoms with van der Waals surface area (Å²) >= 11 is 0. The molecule has 0 radical (unpaired) electrons. The smallest absolute Gasteiger partial charge is 0.287 e. The Hall–Kier alpha value is -3.43. The van der Waals surface area contributed by atoms with E-state index in [1.807, 2.05) is 12.1 Å². The van der Waals surface area contributed by atoms with E-state index in [4.69, 9.17) is 4.42 Å². The number of amides is 2. The normalized spacial score (nSPS) is 14.9. The average molecular weight is 383 g/mol. The molecule has 1 saturated heterocycles. The highest BCUT2D eigenvalue weighted by molar-refractivity contribution is 5.91. The number of hydrogen-bond donors (Lipinski definition) is 2. The molecule has 10 nitrogen and oxygen atoms in total. The third-order valence-electron chi connectivity index (χ3n) is 4.79. The quantitative estimate of drug-likeness (QED) is 0.595. The topological polar surface area (TPSA) is 118 Å². The second-order valence-electron chi connectivity index (χ2n) is 6.61. The lowest BCUT2D eigenvalue weighted by Crippen LogP contribution is -2.42. The summed E-state index contributed by atoms with van der Waals surface area (Å²) in [6.45, 7) is 2.26. The number of furan rings is 1. The van der Waals surface area contributed by atoms with Crippen LogP contribution in [-0.4, -0.2) is 57.8 Å². The van der Waals surface area contributed by atoms with Crippen molar-refractivity contribution in [1.29, 1.82) is 0 Å². The summed E-state index contributed by atoms with van der Waals surface area (Å²) in [5, 5.41) is 17.9. The molecule has 10 heteroatoms. The number of fused-ring (bicyclic) bond motifs is 1. The van der Waals surface area contributed by atoms with Gasteiger partial charge in [0.05, 0.1) is 6.26 Å². The van der Waals surface area contributed by atoms with E-state index in [9.17, 15) is 9.59 Å². The van der Waals surface area contributed by atoms with Crippen LogP contribution in [0.2, 0.25) is 0 Å². The van der Waals surface area contributed by atoms with Crippen molar-refractivity contribution in [3.8, 4) is 0 Å². The van der Waals surface area contributed by atoms with Crippen LogP contribution in [0.3, 0.4) is 0 Å². The SMILES string of the molecule is O=C(NCCNC(=O)C1CCN(c2ccc3nncn3n2)CC1)c1ccco1. The first-order chi connectivity index (χ1) is 13.7. The van der Waals surface area contributed by atoms with Gasteiger partial charge in [-0.2, -0.15) is 4.52 Å². The fourth-order valence-corrected chi connectivity index (χ4v) is 3.26. The Morgan fingerprint density at radius 2 is 1.96 bits per heavy atom. The minimum Gasteiger partial charge on any atom is -0.459 e. The van der Waals surface area contributed by atoms with Gasteiger partial charge < -0.3 is 20.0 Å². The molecule has 1 fully saturated rings. The summed E-state index contributed by atoms with van der Waals surface area (Å²) in [6, 6.07) is 7.05. The number of anilines is 1. The van der Waals surface area contributed by atoms with E-state index in [1.165, 1.54) is 6.26 Å². The van der Waals surface area contributed by atoms with Crippen molar-refractivity contribution in [2.45, 2.75) is 12.8 Å². The largest absolute Gasteiger partial charge is 0.459 e. The van der Waals surface area contributed by atoms with Gasteiger partial charge in [0.2, 0.25) is 5.91 Å². The average Bonchev–Trinajstić information content (AvgIpc) is 3.42. The number of carbonyl (C=O) groups excluding carboxylic acids is 2. The molecule has 28 heavy (non-hydrogen) atoms. The van der Waals surface area contributed by atoms with Crippen LogP contribution < -0.4 is 15.5 Å². The zero-order valence-electron chi connectivity index (χ0n) is 15.2. The maximum Gasteiger partial charge on any atom is 0.287 e. The number of nitrogens with one attached hydrogen (secondary N) is 2. The van der Waals surface area contributed by atoms with Crippen molar-refractivity contribution >= 4 is 23.3 Å². The van der Waals surface area contributed by atoms with Crippen LogP contribution in [0.1, 0.15) is 23.4 Å². The Labute approximate surface area is 160 Å². The van der Waals surface area contributed by atoms with E-state index in [0.717, 1.165) is 31.7 Å². The van der Waals surface area contributed by atoms with Crippen LogP contribution in [0.4, 0.5) is 5.82 Å². The molecule has 1 aliphatic heterocycles. The molecule has 2 amide bonds. The summed E-state index contributed by atoms with van der Waals surface area (Å²) in [5.74, 6) is 0.818. The lowest BCUT2D eigenvalue weighted by molar-refractivity contribution is -0.125. The Morgan fingerprint density at radius 1 is 1.14 bits per heavy atom. The monoisotopic (exact) mass is 383 g/mol. The van der Waals surface area contributed by atoms with Crippen LogP contribution in [0.5, 0.6) is 0 Å². The van der Waals surface area contributed by atoms with E-state index >= 15 is 0 Å². The van der Waals surface area contributed by atoms with E-state index in [-0.39, 0.29) is 23.5 Å². The molecule has 0 bridgehead atoms. The molecule has 4 rings (SSSR count). The Balaban J connectivity index is 1.20. The molecule has 4 heterocycles. The van der Waals surface area contributed by atoms with Gasteiger partial charge in [0.1, 0.15) is 12.1 Å². The molecule has 0 unspecified atom stereocenters. The second kappa shape index (κ2) is 8.07. The van der Waals surface area contributed by atoms with Crippen molar-refractivity contribution < 1.29 is 14.0 Å². The van der Waals surface area contributed by atoms with E-state index in [0.29, 0.717) is 18.7 Å². The Bertz CT molecular complexity index is 945. The molecule has 0 saturated carbocycles. The molecule has 0 spiro atoms. The van der Waals surface area contributed by atoms with Crippen LogP contribution >= 0.6 is 0 Å². The molecule has 0 atom stereocenters. The first kappa shape index (κ1) is 18.0. The van der Waals surface area contributed by atoms with Gasteiger partial charge in [-0.1, -0.05) is 0 Å². The summed E-state index contributed by atoms with van der Waals surface area (Å²) in [6.07, 6.45) is 4.53. The van der Waals surface area contributed by atoms with Crippen molar-refractivity contribution in [1.82, 2.24) is 30.4 Å². The van der Waals surface area contributed by atoms with Crippen LogP contribution in [0.25, 0.3) is 5.65 Å². The van der Waals surface area contributed by atoms with Gasteiger partial charge in [0.15, 0.2) is 11.4 Å². The summed E-state index contributed by atoms with van der Waals surface area (Å²) in [7, 11) is 0. The van der Waals surface area contributed by atoms with Crippen LogP contribution in [-0.2, 0) is 4.79 Å². The van der Waals surface area contributed by atoms with Crippen molar-refractivity contribution in [3.05, 3.63) is 42.6 Å². The predicted octanol–water partition coefficient (Wildman–Crippen LogP) is 0.480. The summed E-state index contributed by atoms with van der Waals surface area (Å²) in [5.41, 5.74) is 0.706. The molecule has 3 aromatic rings. The Kier molecular flexibility index (Phi) is 5.18. The van der Waals surface area contributed by atoms with Crippen molar-refractivity contribution in [3.63, 3.8) is 0 Å². The zero-order chi connectivity index (χ0) is 19.3. The van der Waals surface area contributed by atoms with Crippen LogP contribution in [0.15, 0.2) is 41.3 Å². The lowest BCUT2D eigenvalue weighted by atomic mass is 9.96. The number of aromatic nitrogens is 4. The number of piperidine rings is 1. The zero-order valence-corrected chi connectivity index (χ0v) is 15.2. The maximum absolute atomic E-state index is 12.4. The standard InChI is InChI=1S/C18H21N7O3/c26-17(19-7-8-20-18(27)14-2-1-11-28-14)13-5-9-24(10-6-13)16-4-3-15-22-21-12-25(15)23-16/h1-4,11-13H,5-10H2,(H,19,26)(H,20,27). The van der Waals surface area contributed by atoms with Gasteiger partial charge in [-0.15, -0.1) is 15.3 Å². The second-order valence-corrected chi connectivity index (χ2v) is 6.61. The minimum atomic E-state index is -0.287. The molecule has 146 valence electrons. The molecule has 3 aromatic heterocycles.